The molecule has 3 rings (SSSR count). The Balaban J connectivity index is 0.00000243. The maximum Gasteiger partial charge on any atom is 0.235 e. The van der Waals surface area contributed by atoms with Crippen LogP contribution >= 0.6 is 12.4 Å². The minimum absolute atomic E-state index is 0. The first-order valence-corrected chi connectivity index (χ1v) is 9.90. The van der Waals surface area contributed by atoms with Crippen LogP contribution in [0.4, 0.5) is 8.78 Å². The second-order valence-corrected chi connectivity index (χ2v) is 8.54. The number of rotatable bonds is 4. The first-order chi connectivity index (χ1) is 11.9. The van der Waals surface area contributed by atoms with Crippen LogP contribution in [0.1, 0.15) is 24.3 Å². The Morgan fingerprint density at radius 1 is 1.31 bits per heavy atom. The third-order valence-corrected chi connectivity index (χ3v) is 6.63. The molecule has 2 heterocycles. The van der Waals surface area contributed by atoms with Crippen molar-refractivity contribution in [2.45, 2.75) is 24.8 Å². The number of carbonyl (C=O) groups is 1. The van der Waals surface area contributed by atoms with Gasteiger partial charge in [-0.1, -0.05) is 6.07 Å². The van der Waals surface area contributed by atoms with Gasteiger partial charge in [-0.15, -0.1) is 12.4 Å². The van der Waals surface area contributed by atoms with Gasteiger partial charge in [0.15, 0.2) is 11.6 Å². The molecule has 2 atom stereocenters. The van der Waals surface area contributed by atoms with Crippen LogP contribution in [0.2, 0.25) is 0 Å². The molecular formula is C16H22ClF2N3O3S. The summed E-state index contributed by atoms with van der Waals surface area (Å²) >= 11 is 0. The van der Waals surface area contributed by atoms with Crippen molar-refractivity contribution in [3.05, 3.63) is 35.4 Å². The van der Waals surface area contributed by atoms with Gasteiger partial charge in [0, 0.05) is 25.0 Å². The van der Waals surface area contributed by atoms with Gasteiger partial charge in [-0.25, -0.2) is 17.2 Å². The minimum Gasteiger partial charge on any atom is -0.350 e. The molecule has 1 aromatic rings. The molecule has 1 amide bonds. The summed E-state index contributed by atoms with van der Waals surface area (Å²) in [5.74, 6) is -2.29. The lowest BCUT2D eigenvalue weighted by Crippen LogP contribution is -2.52. The molecule has 2 aliphatic rings. The van der Waals surface area contributed by atoms with Gasteiger partial charge in [-0.05, 0) is 37.1 Å². The molecule has 146 valence electrons. The van der Waals surface area contributed by atoms with Crippen LogP contribution in [-0.4, -0.2) is 56.6 Å². The van der Waals surface area contributed by atoms with Crippen molar-refractivity contribution in [3.8, 4) is 0 Å². The van der Waals surface area contributed by atoms with E-state index in [2.05, 4.69) is 10.6 Å². The Morgan fingerprint density at radius 3 is 2.73 bits per heavy atom. The van der Waals surface area contributed by atoms with Gasteiger partial charge in [-0.2, -0.15) is 4.31 Å². The predicted octanol–water partition coefficient (Wildman–Crippen LogP) is 0.984. The van der Waals surface area contributed by atoms with E-state index in [1.807, 2.05) is 0 Å². The van der Waals surface area contributed by atoms with Gasteiger partial charge >= 0.3 is 0 Å². The lowest BCUT2D eigenvalue weighted by atomic mass is 9.86. The van der Waals surface area contributed by atoms with Crippen LogP contribution in [0.25, 0.3) is 0 Å². The van der Waals surface area contributed by atoms with Crippen LogP contribution in [0.5, 0.6) is 0 Å². The number of piperidine rings is 1. The van der Waals surface area contributed by atoms with E-state index >= 15 is 0 Å². The van der Waals surface area contributed by atoms with E-state index in [4.69, 9.17) is 0 Å². The minimum atomic E-state index is -3.33. The molecule has 2 fully saturated rings. The second-order valence-electron chi connectivity index (χ2n) is 6.45. The average Bonchev–Trinajstić information content (AvgIpc) is 2.89. The highest BCUT2D eigenvalue weighted by atomic mass is 35.5. The normalized spacial score (nSPS) is 25.5. The lowest BCUT2D eigenvalue weighted by Gasteiger charge is -2.33. The summed E-state index contributed by atoms with van der Waals surface area (Å²) in [5, 5.41) is 6.00. The van der Waals surface area contributed by atoms with Crippen molar-refractivity contribution < 1.29 is 22.0 Å². The molecule has 0 aliphatic carbocycles. The van der Waals surface area contributed by atoms with Crippen LogP contribution in [0, 0.1) is 11.6 Å². The fraction of sp³-hybridized carbons (Fsp3) is 0.562. The fourth-order valence-electron chi connectivity index (χ4n) is 3.43. The number of nitrogens with zero attached hydrogens (tertiary/aromatic N) is 1. The number of amides is 1. The van der Waals surface area contributed by atoms with E-state index in [9.17, 15) is 22.0 Å². The maximum absolute atomic E-state index is 13.5. The van der Waals surface area contributed by atoms with Gasteiger partial charge < -0.3 is 10.6 Å². The summed E-state index contributed by atoms with van der Waals surface area (Å²) in [4.78, 5) is 12.3. The summed E-state index contributed by atoms with van der Waals surface area (Å²) in [6.07, 6.45) is 1.19. The Labute approximate surface area is 157 Å². The summed E-state index contributed by atoms with van der Waals surface area (Å²) in [6, 6.07) is 3.47. The smallest absolute Gasteiger partial charge is 0.235 e. The molecule has 10 heteroatoms. The topological polar surface area (TPSA) is 78.5 Å². The van der Waals surface area contributed by atoms with E-state index in [-0.39, 0.29) is 42.6 Å². The Kier molecular flexibility index (Phi) is 6.95. The summed E-state index contributed by atoms with van der Waals surface area (Å²) in [5.41, 5.74) is 0.625. The number of benzene rings is 1. The Hall–Kier alpha value is -1.29. The lowest BCUT2D eigenvalue weighted by molar-refractivity contribution is -0.122. The third kappa shape index (κ3) is 4.70. The van der Waals surface area contributed by atoms with Gasteiger partial charge in [0.05, 0.1) is 12.3 Å². The molecule has 2 unspecified atom stereocenters. The maximum atomic E-state index is 13.5. The van der Waals surface area contributed by atoms with E-state index in [0.29, 0.717) is 38.0 Å². The highest BCUT2D eigenvalue weighted by Gasteiger charge is 2.32. The van der Waals surface area contributed by atoms with Gasteiger partial charge in [-0.3, -0.25) is 4.79 Å². The molecule has 0 radical (unpaired) electrons. The zero-order valence-electron chi connectivity index (χ0n) is 14.1. The number of halogens is 3. The Morgan fingerprint density at radius 2 is 2.08 bits per heavy atom. The van der Waals surface area contributed by atoms with Gasteiger partial charge in [0.25, 0.3) is 0 Å². The van der Waals surface area contributed by atoms with Crippen molar-refractivity contribution in [1.29, 1.82) is 0 Å². The summed E-state index contributed by atoms with van der Waals surface area (Å²) < 4.78 is 51.5. The van der Waals surface area contributed by atoms with Gasteiger partial charge in [0.1, 0.15) is 0 Å². The molecule has 0 spiro atoms. The average molecular weight is 410 g/mol. The highest BCUT2D eigenvalue weighted by molar-refractivity contribution is 7.89. The van der Waals surface area contributed by atoms with Crippen LogP contribution in [0.3, 0.4) is 0 Å². The van der Waals surface area contributed by atoms with Crippen molar-refractivity contribution >= 4 is 28.3 Å². The predicted molar refractivity (Wildman–Crippen MR) is 95.7 cm³/mol. The molecule has 0 bridgehead atoms. The molecule has 2 aliphatic heterocycles. The SMILES string of the molecule is Cl.O=C(CN1CCCS1(=O)=O)NC1CNCCC1c1ccc(F)c(F)c1. The molecule has 0 saturated carbocycles. The molecule has 1 aromatic carbocycles. The highest BCUT2D eigenvalue weighted by Crippen LogP contribution is 2.27. The number of hydrogen-bond donors (Lipinski definition) is 2. The number of sulfonamides is 1. The molecular weight excluding hydrogens is 388 g/mol. The molecule has 26 heavy (non-hydrogen) atoms. The van der Waals surface area contributed by atoms with Crippen molar-refractivity contribution in [2.24, 2.45) is 0 Å². The molecule has 0 aromatic heterocycles. The number of carbonyl (C=O) groups excluding carboxylic acids is 1. The van der Waals surface area contributed by atoms with E-state index < -0.39 is 21.7 Å². The fourth-order valence-corrected chi connectivity index (χ4v) is 4.91. The summed E-state index contributed by atoms with van der Waals surface area (Å²) in [6.45, 7) is 1.34. The Bertz CT molecular complexity index is 763. The van der Waals surface area contributed by atoms with Gasteiger partial charge in [0.2, 0.25) is 15.9 Å². The largest absolute Gasteiger partial charge is 0.350 e. The van der Waals surface area contributed by atoms with Crippen molar-refractivity contribution in [3.63, 3.8) is 0 Å². The molecule has 2 saturated heterocycles. The van der Waals surface area contributed by atoms with E-state index in [1.54, 1.807) is 0 Å². The third-order valence-electron chi connectivity index (χ3n) is 4.72. The second kappa shape index (κ2) is 8.60. The van der Waals surface area contributed by atoms with E-state index in [1.165, 1.54) is 10.4 Å². The molecule has 6 nitrogen and oxygen atoms in total. The zero-order valence-corrected chi connectivity index (χ0v) is 15.7. The van der Waals surface area contributed by atoms with Crippen LogP contribution in [-0.2, 0) is 14.8 Å². The number of nitrogens with one attached hydrogen (secondary N) is 2. The first-order valence-electron chi connectivity index (χ1n) is 8.30. The number of hydrogen-bond acceptors (Lipinski definition) is 4. The first kappa shape index (κ1) is 21.0. The van der Waals surface area contributed by atoms with E-state index in [0.717, 1.165) is 12.1 Å². The summed E-state index contributed by atoms with van der Waals surface area (Å²) in [7, 11) is -3.33. The van der Waals surface area contributed by atoms with Crippen LogP contribution < -0.4 is 10.6 Å². The van der Waals surface area contributed by atoms with Crippen molar-refractivity contribution in [1.82, 2.24) is 14.9 Å². The zero-order chi connectivity index (χ0) is 18.0. The molecule has 2 N–H and O–H groups in total. The standard InChI is InChI=1S/C16H21F2N3O3S.ClH/c17-13-3-2-11(8-14(13)18)12-4-5-19-9-15(12)20-16(22)10-21-6-1-7-25(21,23)24;/h2-3,8,12,15,19H,1,4-7,9-10H2,(H,20,22);1H. The van der Waals surface area contributed by atoms with Crippen molar-refractivity contribution in [2.75, 3.05) is 31.9 Å². The van der Waals surface area contributed by atoms with Crippen LogP contribution in [0.15, 0.2) is 18.2 Å². The monoisotopic (exact) mass is 409 g/mol. The quantitative estimate of drug-likeness (QED) is 0.777.